The van der Waals surface area contributed by atoms with E-state index < -0.39 is 24.0 Å². The fourth-order valence-corrected chi connectivity index (χ4v) is 0.325. The fraction of sp³-hybridized carbons (Fsp3) is 0.600. The zero-order valence-electron chi connectivity index (χ0n) is 5.35. The summed E-state index contributed by atoms with van der Waals surface area (Å²) in [6.45, 7) is 0.339. The first kappa shape index (κ1) is 10.3. The molecular formula is C5H4F6. The maximum atomic E-state index is 11.8. The van der Waals surface area contributed by atoms with Crippen LogP contribution in [0.3, 0.4) is 0 Å². The molecule has 0 saturated carbocycles. The van der Waals surface area contributed by atoms with Crippen molar-refractivity contribution < 1.29 is 26.3 Å². The second-order valence-electron chi connectivity index (χ2n) is 1.77. The van der Waals surface area contributed by atoms with Crippen molar-refractivity contribution in [1.29, 1.82) is 0 Å². The minimum absolute atomic E-state index is 0.339. The lowest BCUT2D eigenvalue weighted by atomic mass is 10.3. The number of rotatable bonds is 2. The molecule has 0 aliphatic carbocycles. The van der Waals surface area contributed by atoms with Crippen molar-refractivity contribution in [2.45, 2.75) is 19.3 Å². The van der Waals surface area contributed by atoms with E-state index in [0.29, 0.717) is 6.92 Å². The van der Waals surface area contributed by atoms with Gasteiger partial charge in [0.1, 0.15) is 5.83 Å². The van der Waals surface area contributed by atoms with Gasteiger partial charge in [0, 0.05) is 0 Å². The Balaban J connectivity index is 4.70. The first-order valence-electron chi connectivity index (χ1n) is 2.48. The van der Waals surface area contributed by atoms with E-state index in [0.717, 1.165) is 0 Å². The molecule has 0 nitrogen and oxygen atoms in total. The Kier molecular flexibility index (Phi) is 2.95. The van der Waals surface area contributed by atoms with Gasteiger partial charge < -0.3 is 0 Å². The van der Waals surface area contributed by atoms with Crippen molar-refractivity contribution in [3.8, 4) is 0 Å². The van der Waals surface area contributed by atoms with Crippen molar-refractivity contribution in [1.82, 2.24) is 0 Å². The molecule has 0 spiro atoms. The largest absolute Gasteiger partial charge is 0.360 e. The van der Waals surface area contributed by atoms with Crippen LogP contribution in [0.15, 0.2) is 11.7 Å². The molecule has 0 saturated heterocycles. The highest BCUT2D eigenvalue weighted by molar-refractivity contribution is 5.08. The summed E-state index contributed by atoms with van der Waals surface area (Å²) in [4.78, 5) is 0. The number of allylic oxidation sites excluding steroid dienone is 2. The molecule has 0 amide bonds. The van der Waals surface area contributed by atoms with Crippen LogP contribution in [0, 0.1) is 0 Å². The predicted octanol–water partition coefficient (Wildman–Crippen LogP) is 3.06. The number of halogens is 6. The Morgan fingerprint density at radius 3 is 1.64 bits per heavy atom. The molecular weight excluding hydrogens is 174 g/mol. The topological polar surface area (TPSA) is 0 Å². The van der Waals surface area contributed by atoms with Gasteiger partial charge in [0.2, 0.25) is 5.83 Å². The van der Waals surface area contributed by atoms with Crippen LogP contribution >= 0.6 is 0 Å². The number of hydrogen-bond acceptors (Lipinski definition) is 0. The van der Waals surface area contributed by atoms with E-state index >= 15 is 0 Å². The van der Waals surface area contributed by atoms with Gasteiger partial charge in [-0.3, -0.25) is 0 Å². The third-order valence-corrected chi connectivity index (χ3v) is 0.869. The van der Waals surface area contributed by atoms with Crippen LogP contribution < -0.4 is 0 Å². The van der Waals surface area contributed by atoms with Crippen molar-refractivity contribution in [3.63, 3.8) is 0 Å². The van der Waals surface area contributed by atoms with Gasteiger partial charge in [0.15, 0.2) is 0 Å². The Hall–Kier alpha value is -0.680. The first-order valence-corrected chi connectivity index (χ1v) is 2.48. The number of hydrogen-bond donors (Lipinski definition) is 0. The second-order valence-corrected chi connectivity index (χ2v) is 1.77. The van der Waals surface area contributed by atoms with Gasteiger partial charge in [-0.05, 0) is 6.92 Å². The SMILES string of the molecule is CC(F)=C(F)C(F)(F)C(F)F. The minimum atomic E-state index is -5.02. The van der Waals surface area contributed by atoms with Gasteiger partial charge in [-0.25, -0.2) is 17.6 Å². The van der Waals surface area contributed by atoms with Crippen LogP contribution in [0.5, 0.6) is 0 Å². The van der Waals surface area contributed by atoms with Gasteiger partial charge in [-0.2, -0.15) is 8.78 Å². The highest BCUT2D eigenvalue weighted by Crippen LogP contribution is 2.33. The summed E-state index contributed by atoms with van der Waals surface area (Å²) in [6, 6.07) is 0. The highest BCUT2D eigenvalue weighted by Gasteiger charge is 2.47. The average Bonchev–Trinajstić information content (AvgIpc) is 1.85. The maximum Gasteiger partial charge on any atom is 0.360 e. The lowest BCUT2D eigenvalue weighted by molar-refractivity contribution is -0.114. The molecule has 0 aromatic carbocycles. The summed E-state index contributed by atoms with van der Waals surface area (Å²) >= 11 is 0. The minimum Gasteiger partial charge on any atom is -0.209 e. The molecule has 0 fully saturated rings. The van der Waals surface area contributed by atoms with Crippen molar-refractivity contribution in [2.75, 3.05) is 0 Å². The molecule has 0 bridgehead atoms. The van der Waals surface area contributed by atoms with E-state index in [1.165, 1.54) is 0 Å². The predicted molar refractivity (Wildman–Crippen MR) is 25.9 cm³/mol. The molecule has 0 aromatic heterocycles. The van der Waals surface area contributed by atoms with Gasteiger partial charge in [-0.1, -0.05) is 0 Å². The quantitative estimate of drug-likeness (QED) is 0.570. The normalized spacial score (nSPS) is 15.3. The van der Waals surface area contributed by atoms with Crippen LogP contribution in [0.1, 0.15) is 6.92 Å². The standard InChI is InChI=1S/C5H4F6/c1-2(6)3(7)5(10,11)4(8)9/h4H,1H3. The van der Waals surface area contributed by atoms with E-state index in [-0.39, 0.29) is 0 Å². The monoisotopic (exact) mass is 178 g/mol. The van der Waals surface area contributed by atoms with Crippen molar-refractivity contribution >= 4 is 0 Å². The van der Waals surface area contributed by atoms with Crippen molar-refractivity contribution in [3.05, 3.63) is 11.7 Å². The molecule has 0 aliphatic heterocycles. The lowest BCUT2D eigenvalue weighted by Crippen LogP contribution is -2.27. The molecule has 0 atom stereocenters. The van der Waals surface area contributed by atoms with Crippen LogP contribution in [-0.4, -0.2) is 12.3 Å². The molecule has 0 aromatic rings. The van der Waals surface area contributed by atoms with Crippen LogP contribution in [-0.2, 0) is 0 Å². The zero-order valence-corrected chi connectivity index (χ0v) is 5.35. The fourth-order valence-electron chi connectivity index (χ4n) is 0.325. The van der Waals surface area contributed by atoms with E-state index in [1.807, 2.05) is 0 Å². The highest BCUT2D eigenvalue weighted by atomic mass is 19.3. The molecule has 66 valence electrons. The summed E-state index contributed by atoms with van der Waals surface area (Å²) in [5.74, 6) is -9.67. The summed E-state index contributed by atoms with van der Waals surface area (Å²) in [6.07, 6.45) is -4.23. The Morgan fingerprint density at radius 1 is 1.18 bits per heavy atom. The molecule has 0 N–H and O–H groups in total. The molecule has 0 rings (SSSR count). The maximum absolute atomic E-state index is 11.8. The smallest absolute Gasteiger partial charge is 0.209 e. The van der Waals surface area contributed by atoms with Crippen LogP contribution in [0.2, 0.25) is 0 Å². The van der Waals surface area contributed by atoms with Crippen LogP contribution in [0.4, 0.5) is 26.3 Å². The van der Waals surface area contributed by atoms with Crippen LogP contribution in [0.25, 0.3) is 0 Å². The average molecular weight is 178 g/mol. The third-order valence-electron chi connectivity index (χ3n) is 0.869. The van der Waals surface area contributed by atoms with E-state index in [9.17, 15) is 26.3 Å². The Bertz CT molecular complexity index is 166. The first-order chi connectivity index (χ1) is 4.80. The number of alkyl halides is 4. The van der Waals surface area contributed by atoms with Gasteiger partial charge in [-0.15, -0.1) is 0 Å². The molecule has 0 heterocycles. The Labute approximate surface area is 58.5 Å². The molecule has 11 heavy (non-hydrogen) atoms. The van der Waals surface area contributed by atoms with Gasteiger partial charge in [0.25, 0.3) is 0 Å². The molecule has 6 heteroatoms. The Morgan fingerprint density at radius 2 is 1.55 bits per heavy atom. The lowest BCUT2D eigenvalue weighted by Gasteiger charge is -2.12. The molecule has 0 aliphatic rings. The summed E-state index contributed by atoms with van der Waals surface area (Å²) in [5.41, 5.74) is 0. The third kappa shape index (κ3) is 2.13. The zero-order chi connectivity index (χ0) is 9.23. The van der Waals surface area contributed by atoms with E-state index in [1.54, 1.807) is 0 Å². The summed E-state index contributed by atoms with van der Waals surface area (Å²) in [5, 5.41) is 0. The second kappa shape index (κ2) is 3.15. The van der Waals surface area contributed by atoms with E-state index in [2.05, 4.69) is 0 Å². The summed E-state index contributed by atoms with van der Waals surface area (Å²) in [7, 11) is 0. The molecule has 0 radical (unpaired) electrons. The summed E-state index contributed by atoms with van der Waals surface area (Å²) < 4.78 is 69.5. The van der Waals surface area contributed by atoms with Gasteiger partial charge >= 0.3 is 12.3 Å². The molecule has 0 unspecified atom stereocenters. The van der Waals surface area contributed by atoms with Crippen molar-refractivity contribution in [2.24, 2.45) is 0 Å². The van der Waals surface area contributed by atoms with Gasteiger partial charge in [0.05, 0.1) is 0 Å². The van der Waals surface area contributed by atoms with E-state index in [4.69, 9.17) is 0 Å².